The van der Waals surface area contributed by atoms with Gasteiger partial charge < -0.3 is 77.0 Å². The number of aliphatic hydroxyl groups is 6. The van der Waals surface area contributed by atoms with Gasteiger partial charge >= 0.3 is 0 Å². The maximum absolute atomic E-state index is 12.5. The van der Waals surface area contributed by atoms with Crippen molar-refractivity contribution >= 4 is 30.0 Å². The van der Waals surface area contributed by atoms with Gasteiger partial charge in [0.05, 0.1) is 18.8 Å². The molecule has 0 spiro atoms. The van der Waals surface area contributed by atoms with E-state index in [1.165, 1.54) is 0 Å². The summed E-state index contributed by atoms with van der Waals surface area (Å²) in [4.78, 5) is 59.2. The van der Waals surface area contributed by atoms with Crippen molar-refractivity contribution in [2.24, 2.45) is 11.5 Å². The molecule has 2 saturated heterocycles. The number of nitrogens with two attached hydrogens (primary N) is 2. The molecule has 2 fully saturated rings. The molecule has 0 bridgehead atoms. The van der Waals surface area contributed by atoms with Crippen LogP contribution in [-0.2, 0) is 42.9 Å². The maximum Gasteiger partial charge on any atom is 0.249 e. The first-order valence-corrected chi connectivity index (χ1v) is 13.0. The van der Waals surface area contributed by atoms with Crippen molar-refractivity contribution in [1.29, 1.82) is 0 Å². The monoisotopic (exact) mass is 625 g/mol. The summed E-state index contributed by atoms with van der Waals surface area (Å²) in [6.45, 7) is 2.49. The Kier molecular flexibility index (Phi) is 13.1. The predicted molar refractivity (Wildman–Crippen MR) is 136 cm³/mol. The van der Waals surface area contributed by atoms with Crippen LogP contribution in [0.2, 0.25) is 0 Å². The molecule has 246 valence electrons. The van der Waals surface area contributed by atoms with Gasteiger partial charge in [0.1, 0.15) is 48.7 Å². The van der Waals surface area contributed by atoms with Gasteiger partial charge in [0, 0.05) is 13.8 Å². The van der Waals surface area contributed by atoms with Gasteiger partial charge in [-0.15, -0.1) is 0 Å². The summed E-state index contributed by atoms with van der Waals surface area (Å²) in [5, 5.41) is 69.2. The second-order valence-corrected chi connectivity index (χ2v) is 10.1. The van der Waals surface area contributed by atoms with E-state index in [0.717, 1.165) is 20.8 Å². The third kappa shape index (κ3) is 8.75. The molecule has 0 aromatic rings. The number of carbonyl (C=O) groups excluding carboxylic acids is 5. The van der Waals surface area contributed by atoms with E-state index in [4.69, 9.17) is 30.4 Å². The van der Waals surface area contributed by atoms with Crippen LogP contribution in [0.15, 0.2) is 0 Å². The number of hydrogen-bond acceptors (Lipinski definition) is 15. The van der Waals surface area contributed by atoms with Crippen LogP contribution in [0.3, 0.4) is 0 Å². The van der Waals surface area contributed by atoms with Crippen LogP contribution < -0.4 is 27.4 Å². The number of hydrogen-bond donors (Lipinski definition) is 11. The van der Waals surface area contributed by atoms with Crippen molar-refractivity contribution < 1.29 is 73.6 Å². The summed E-state index contributed by atoms with van der Waals surface area (Å²) in [6.07, 6.45) is -20.1. The number of ether oxygens (including phenoxy) is 4. The zero-order valence-corrected chi connectivity index (χ0v) is 23.4. The molecule has 0 aliphatic carbocycles. The zero-order valence-electron chi connectivity index (χ0n) is 23.4. The number of rotatable bonds is 14. The number of aliphatic hydroxyl groups excluding tert-OH is 6. The van der Waals surface area contributed by atoms with Crippen LogP contribution in [0.25, 0.3) is 0 Å². The molecule has 0 saturated carbocycles. The Morgan fingerprint density at radius 1 is 0.907 bits per heavy atom. The fourth-order valence-corrected chi connectivity index (χ4v) is 4.70. The first-order chi connectivity index (χ1) is 20.0. The van der Waals surface area contributed by atoms with Gasteiger partial charge in [-0.05, 0) is 6.92 Å². The van der Waals surface area contributed by atoms with E-state index in [0.29, 0.717) is 0 Å². The van der Waals surface area contributed by atoms with Crippen molar-refractivity contribution in [2.75, 3.05) is 6.61 Å². The zero-order chi connectivity index (χ0) is 32.8. The Balaban J connectivity index is 2.48. The van der Waals surface area contributed by atoms with Gasteiger partial charge in [-0.3, -0.25) is 24.0 Å². The highest BCUT2D eigenvalue weighted by Gasteiger charge is 2.54. The minimum absolute atomic E-state index is 0.104. The first-order valence-electron chi connectivity index (χ1n) is 13.0. The minimum atomic E-state index is -1.99. The standard InChI is InChI=1S/C23H39N5O15/c1-6(31)12(34)16(9(4-29)27-7(2)32)40-22-10(26-5-30)14(36)17(19(43-22)21(25)39)41-23-11(28-8(3)33)13(35)15(37)18(42-23)20(24)38/h5-6,9-19,22-23,29,31,34-37H,4H2,1-3H3,(H2,24,38)(H2,25,39)(H,26,30)(H,27,32)(H,28,33). The fraction of sp³-hybridized carbons (Fsp3) is 0.783. The molecule has 0 aromatic carbocycles. The van der Waals surface area contributed by atoms with E-state index in [2.05, 4.69) is 16.0 Å². The molecular weight excluding hydrogens is 586 g/mol. The highest BCUT2D eigenvalue weighted by molar-refractivity contribution is 5.80. The predicted octanol–water partition coefficient (Wildman–Crippen LogP) is -7.88. The van der Waals surface area contributed by atoms with Gasteiger partial charge in [0.15, 0.2) is 24.8 Å². The van der Waals surface area contributed by atoms with Gasteiger partial charge in [0.25, 0.3) is 0 Å². The molecule has 2 heterocycles. The lowest BCUT2D eigenvalue weighted by atomic mass is 9.93. The molecule has 20 heteroatoms. The van der Waals surface area contributed by atoms with Crippen LogP contribution >= 0.6 is 0 Å². The van der Waals surface area contributed by atoms with E-state index >= 15 is 0 Å². The topological polar surface area (TPSA) is 332 Å². The Morgan fingerprint density at radius 2 is 1.49 bits per heavy atom. The van der Waals surface area contributed by atoms with Crippen molar-refractivity contribution in [3.63, 3.8) is 0 Å². The molecule has 5 amide bonds. The molecular formula is C23H39N5O15. The van der Waals surface area contributed by atoms with Crippen molar-refractivity contribution in [3.05, 3.63) is 0 Å². The van der Waals surface area contributed by atoms with E-state index in [1.807, 2.05) is 0 Å². The lowest BCUT2D eigenvalue weighted by Gasteiger charge is -2.48. The normalized spacial score (nSPS) is 35.5. The minimum Gasteiger partial charge on any atom is -0.394 e. The van der Waals surface area contributed by atoms with Gasteiger partial charge in [-0.1, -0.05) is 0 Å². The average molecular weight is 626 g/mol. The van der Waals surface area contributed by atoms with E-state index in [1.54, 1.807) is 0 Å². The molecule has 13 N–H and O–H groups in total. The van der Waals surface area contributed by atoms with Crippen LogP contribution in [0.4, 0.5) is 0 Å². The van der Waals surface area contributed by atoms with Crippen molar-refractivity contribution in [1.82, 2.24) is 16.0 Å². The summed E-state index contributed by atoms with van der Waals surface area (Å²) in [5.41, 5.74) is 10.7. The summed E-state index contributed by atoms with van der Waals surface area (Å²) in [7, 11) is 0. The van der Waals surface area contributed by atoms with Crippen LogP contribution in [0.1, 0.15) is 20.8 Å². The second kappa shape index (κ2) is 15.6. The van der Waals surface area contributed by atoms with E-state index < -0.39 is 116 Å². The molecule has 14 atom stereocenters. The third-order valence-electron chi connectivity index (χ3n) is 6.77. The molecule has 20 nitrogen and oxygen atoms in total. The molecule has 43 heavy (non-hydrogen) atoms. The highest BCUT2D eigenvalue weighted by Crippen LogP contribution is 2.31. The molecule has 2 aliphatic heterocycles. The van der Waals surface area contributed by atoms with Gasteiger partial charge in [-0.25, -0.2) is 0 Å². The van der Waals surface area contributed by atoms with Crippen molar-refractivity contribution in [2.45, 2.75) is 106 Å². The van der Waals surface area contributed by atoms with Crippen molar-refractivity contribution in [3.8, 4) is 0 Å². The Morgan fingerprint density at radius 3 is 1.95 bits per heavy atom. The fourth-order valence-electron chi connectivity index (χ4n) is 4.70. The molecule has 2 rings (SSSR count). The third-order valence-corrected chi connectivity index (χ3v) is 6.77. The molecule has 0 aromatic heterocycles. The van der Waals surface area contributed by atoms with E-state index in [9.17, 15) is 54.6 Å². The Labute approximate surface area is 244 Å². The number of nitrogens with one attached hydrogen (secondary N) is 3. The second-order valence-electron chi connectivity index (χ2n) is 10.1. The summed E-state index contributed by atoms with van der Waals surface area (Å²) >= 11 is 0. The number of carbonyl (C=O) groups is 5. The lowest BCUT2D eigenvalue weighted by Crippen LogP contribution is -2.71. The SMILES string of the molecule is CC(=O)NC(CO)C(OC1OC(C(N)=O)C(OC2OC(C(N)=O)C(O)C(O)C2NC(C)=O)C(O)C1NC=O)C(O)C(C)O. The van der Waals surface area contributed by atoms with Crippen LogP contribution in [-0.4, -0.2) is 153 Å². The smallest absolute Gasteiger partial charge is 0.249 e. The molecule has 14 unspecified atom stereocenters. The number of primary amides is 2. The summed E-state index contributed by atoms with van der Waals surface area (Å²) < 4.78 is 22.3. The highest BCUT2D eigenvalue weighted by atomic mass is 16.7. The number of amides is 5. The Hall–Kier alpha value is -3.05. The van der Waals surface area contributed by atoms with Crippen LogP contribution in [0, 0.1) is 0 Å². The summed E-state index contributed by atoms with van der Waals surface area (Å²) in [6, 6.07) is -4.61. The van der Waals surface area contributed by atoms with Gasteiger partial charge in [-0.2, -0.15) is 0 Å². The first kappa shape index (κ1) is 36.1. The maximum atomic E-state index is 12.5. The largest absolute Gasteiger partial charge is 0.394 e. The Bertz CT molecular complexity index is 1000. The quantitative estimate of drug-likeness (QED) is 0.0798. The van der Waals surface area contributed by atoms with E-state index in [-0.39, 0.29) is 6.41 Å². The average Bonchev–Trinajstić information content (AvgIpc) is 2.91. The lowest BCUT2D eigenvalue weighted by molar-refractivity contribution is -0.327. The van der Waals surface area contributed by atoms with Gasteiger partial charge in [0.2, 0.25) is 30.0 Å². The van der Waals surface area contributed by atoms with Crippen LogP contribution in [0.5, 0.6) is 0 Å². The molecule has 0 radical (unpaired) electrons. The molecule has 2 aliphatic rings. The summed E-state index contributed by atoms with van der Waals surface area (Å²) in [5.74, 6) is -3.92.